The standard InChI is InChI=1S/C11H13O.C8H7O2.CH4.O.Ti/c1-11(2,3)10-6-4-9(8-12)5-7-10;1-10-8-4-2-7(6-9)3-5-8;;;/h4-7H,1-3H3;2-5H,1H3;1H4;;/q;;;-2;+2. The van der Waals surface area contributed by atoms with Crippen LogP contribution in [0.15, 0.2) is 48.5 Å². The van der Waals surface area contributed by atoms with E-state index in [1.807, 2.05) is 24.3 Å². The molecule has 0 atom stereocenters. The molecule has 0 saturated carbocycles. The Bertz CT molecular complexity index is 698. The molecule has 0 saturated heterocycles. The number of carbonyl (C=O) groups excluding carboxylic acids is 2. The minimum absolute atomic E-state index is 0. The van der Waals surface area contributed by atoms with Crippen molar-refractivity contribution in [2.45, 2.75) is 33.6 Å². The summed E-state index contributed by atoms with van der Waals surface area (Å²) < 4.78 is 4.98. The van der Waals surface area contributed by atoms with E-state index in [1.54, 1.807) is 31.4 Å². The van der Waals surface area contributed by atoms with Crippen LogP contribution in [0, 0.1) is 0 Å². The molecule has 2 aromatic carbocycles. The number of methoxy groups -OCH3 is 1. The van der Waals surface area contributed by atoms with Gasteiger partial charge in [-0.25, -0.2) is 0 Å². The van der Waals surface area contributed by atoms with Crippen LogP contribution in [0.3, 0.4) is 0 Å². The normalized spacial score (nSPS) is 9.92. The fourth-order valence-electron chi connectivity index (χ4n) is 2.11. The summed E-state index contributed by atoms with van der Waals surface area (Å²) in [6, 6.07) is 14.5. The minimum atomic E-state index is -1.38. The Hall–Kier alpha value is -1.75. The first-order chi connectivity index (χ1) is 10.8. The van der Waals surface area contributed by atoms with Gasteiger partial charge in [0.25, 0.3) is 0 Å². The van der Waals surface area contributed by atoms with E-state index in [-0.39, 0.29) is 26.5 Å². The summed E-state index contributed by atoms with van der Waals surface area (Å²) in [6.07, 6.45) is 0. The maximum Gasteiger partial charge on any atom is -2.00 e. The Morgan fingerprint density at radius 2 is 1.24 bits per heavy atom. The molecule has 4 nitrogen and oxygen atoms in total. The van der Waals surface area contributed by atoms with Crippen molar-refractivity contribution in [2.75, 3.05) is 7.11 Å². The van der Waals surface area contributed by atoms with E-state index in [1.165, 1.54) is 5.56 Å². The van der Waals surface area contributed by atoms with Gasteiger partial charge < -0.3 is 5.48 Å². The van der Waals surface area contributed by atoms with E-state index in [9.17, 15) is 9.59 Å². The van der Waals surface area contributed by atoms with E-state index >= 15 is 0 Å². The van der Waals surface area contributed by atoms with Crippen molar-refractivity contribution in [1.29, 1.82) is 0 Å². The van der Waals surface area contributed by atoms with Crippen molar-refractivity contribution in [3.8, 4) is 5.75 Å². The molecule has 0 bridgehead atoms. The molecule has 0 N–H and O–H groups in total. The van der Waals surface area contributed by atoms with Gasteiger partial charge >= 0.3 is 146 Å². The molecule has 0 amide bonds. The van der Waals surface area contributed by atoms with Crippen LogP contribution in [0.4, 0.5) is 0 Å². The number of carbonyl (C=O) groups is 2. The molecule has 0 aromatic heterocycles. The quantitative estimate of drug-likeness (QED) is 0.718. The molecule has 0 fully saturated rings. The fourth-order valence-corrected chi connectivity index (χ4v) is 3.40. The Labute approximate surface area is 158 Å². The second-order valence-electron chi connectivity index (χ2n) is 6.34. The zero-order valence-corrected chi connectivity index (χ0v) is 15.8. The first-order valence-corrected chi connectivity index (χ1v) is 8.97. The van der Waals surface area contributed by atoms with Gasteiger partial charge in [0, 0.05) is 0 Å². The zero-order valence-electron chi connectivity index (χ0n) is 14.3. The van der Waals surface area contributed by atoms with E-state index in [0.717, 1.165) is 0 Å². The SMILES string of the molecule is C.COc1ccc([C](=O)[Ti+2][C](=O)c2ccc(C(C)(C)C)cc2)cc1.[O-2]. The van der Waals surface area contributed by atoms with Gasteiger partial charge in [0.15, 0.2) is 0 Å². The Balaban J connectivity index is 0.00000288. The van der Waals surface area contributed by atoms with Crippen molar-refractivity contribution < 1.29 is 39.0 Å². The van der Waals surface area contributed by atoms with Gasteiger partial charge in [0.05, 0.1) is 0 Å². The second kappa shape index (κ2) is 9.66. The maximum atomic E-state index is 12.3. The van der Waals surface area contributed by atoms with Crippen molar-refractivity contribution >= 4 is 8.18 Å². The third kappa shape index (κ3) is 6.24. The van der Waals surface area contributed by atoms with Crippen LogP contribution in [0.2, 0.25) is 0 Å². The second-order valence-corrected chi connectivity index (χ2v) is 8.15. The summed E-state index contributed by atoms with van der Waals surface area (Å²) in [5.74, 6) is 0.700. The van der Waals surface area contributed by atoms with Crippen molar-refractivity contribution in [2.24, 2.45) is 0 Å². The van der Waals surface area contributed by atoms with Gasteiger partial charge in [0.1, 0.15) is 0 Å². The average Bonchev–Trinajstić information content (AvgIpc) is 2.54. The molecule has 132 valence electrons. The van der Waals surface area contributed by atoms with Crippen LogP contribution in [-0.4, -0.2) is 15.3 Å². The van der Waals surface area contributed by atoms with Crippen molar-refractivity contribution in [3.05, 3.63) is 65.2 Å². The summed E-state index contributed by atoms with van der Waals surface area (Å²) in [5.41, 5.74) is 2.43. The number of hydrogen-bond donors (Lipinski definition) is 0. The van der Waals surface area contributed by atoms with Crippen LogP contribution in [0.1, 0.15) is 54.5 Å². The van der Waals surface area contributed by atoms with E-state index in [0.29, 0.717) is 16.9 Å². The van der Waals surface area contributed by atoms with Crippen LogP contribution in [-0.2, 0) is 30.0 Å². The molecule has 2 aromatic rings. The Morgan fingerprint density at radius 3 is 1.60 bits per heavy atom. The first kappa shape index (κ1) is 23.3. The monoisotopic (exact) mass is 376 g/mol. The number of rotatable bonds is 5. The molecule has 0 heterocycles. The fraction of sp³-hybridized carbons (Fsp3) is 0.300. The molecule has 2 rings (SSSR count). The summed E-state index contributed by atoms with van der Waals surface area (Å²) in [6.45, 7) is 6.39. The summed E-state index contributed by atoms with van der Waals surface area (Å²) >= 11 is -1.38. The smallest absolute Gasteiger partial charge is 2.00 e. The molecule has 0 spiro atoms. The molecule has 25 heavy (non-hydrogen) atoms. The zero-order chi connectivity index (χ0) is 17.0. The van der Waals surface area contributed by atoms with Crippen molar-refractivity contribution in [1.82, 2.24) is 0 Å². The number of ether oxygens (including phenoxy) is 1. The topological polar surface area (TPSA) is 71.9 Å². The molecule has 5 heteroatoms. The minimum Gasteiger partial charge on any atom is -2.00 e. The Kier molecular flexibility index (Phi) is 8.99. The van der Waals surface area contributed by atoms with Gasteiger partial charge in [-0.2, -0.15) is 0 Å². The van der Waals surface area contributed by atoms with Gasteiger partial charge in [-0.15, -0.1) is 0 Å². The maximum absolute atomic E-state index is 12.3. The largest absolute Gasteiger partial charge is 2.00 e. The molecule has 0 aliphatic heterocycles. The first-order valence-electron chi connectivity index (χ1n) is 7.41. The number of benzene rings is 2. The molecular weight excluding hydrogens is 352 g/mol. The summed E-state index contributed by atoms with van der Waals surface area (Å²) in [7, 11) is 1.58. The van der Waals surface area contributed by atoms with Gasteiger partial charge in [-0.05, 0) is 0 Å². The summed E-state index contributed by atoms with van der Waals surface area (Å²) in [4.78, 5) is 24.6. The van der Waals surface area contributed by atoms with E-state index < -0.39 is 19.2 Å². The molecule has 0 aliphatic rings. The van der Waals surface area contributed by atoms with Gasteiger partial charge in [-0.3, -0.25) is 0 Å². The van der Waals surface area contributed by atoms with E-state index in [2.05, 4.69) is 20.8 Å². The number of hydrogen-bond acceptors (Lipinski definition) is 3. The van der Waals surface area contributed by atoms with Crippen LogP contribution in [0.5, 0.6) is 5.75 Å². The predicted molar refractivity (Wildman–Crippen MR) is 94.2 cm³/mol. The molecule has 0 aliphatic carbocycles. The molecular formula is C20H24O4Ti. The Morgan fingerprint density at radius 1 is 0.840 bits per heavy atom. The van der Waals surface area contributed by atoms with Crippen LogP contribution in [0.25, 0.3) is 0 Å². The van der Waals surface area contributed by atoms with Crippen LogP contribution < -0.4 is 4.74 Å². The third-order valence-electron chi connectivity index (χ3n) is 3.59. The van der Waals surface area contributed by atoms with Gasteiger partial charge in [-0.1, -0.05) is 7.43 Å². The predicted octanol–water partition coefficient (Wildman–Crippen LogP) is 4.57. The average molecular weight is 376 g/mol. The van der Waals surface area contributed by atoms with Crippen molar-refractivity contribution in [3.63, 3.8) is 0 Å². The van der Waals surface area contributed by atoms with Gasteiger partial charge in [0.2, 0.25) is 0 Å². The third-order valence-corrected chi connectivity index (χ3v) is 5.20. The van der Waals surface area contributed by atoms with Crippen LogP contribution >= 0.6 is 0 Å². The molecule has 0 unspecified atom stereocenters. The molecule has 0 radical (unpaired) electrons. The summed E-state index contributed by atoms with van der Waals surface area (Å²) in [5, 5.41) is 0. The van der Waals surface area contributed by atoms with E-state index in [4.69, 9.17) is 4.74 Å².